The van der Waals surface area contributed by atoms with E-state index in [0.29, 0.717) is 5.69 Å². The maximum atomic E-state index is 12.9. The second kappa shape index (κ2) is 5.77. The van der Waals surface area contributed by atoms with Crippen molar-refractivity contribution in [2.75, 3.05) is 5.32 Å². The SMILES string of the molecule is O=C(NC(=O)c1cccc(F)c1)Nc1c[c]ccc1. The van der Waals surface area contributed by atoms with Gasteiger partial charge in [0, 0.05) is 11.3 Å². The van der Waals surface area contributed by atoms with Crippen LogP contribution in [-0.4, -0.2) is 11.9 Å². The molecule has 0 heterocycles. The molecule has 0 aromatic heterocycles. The summed E-state index contributed by atoms with van der Waals surface area (Å²) in [6, 6.07) is 13.8. The molecule has 0 aliphatic rings. The van der Waals surface area contributed by atoms with Gasteiger partial charge in [-0.05, 0) is 36.4 Å². The monoisotopic (exact) mass is 257 g/mol. The van der Waals surface area contributed by atoms with Crippen molar-refractivity contribution in [1.82, 2.24) is 5.32 Å². The molecule has 0 atom stereocenters. The average Bonchev–Trinajstić information content (AvgIpc) is 2.39. The Morgan fingerprint density at radius 2 is 2.00 bits per heavy atom. The van der Waals surface area contributed by atoms with Crippen LogP contribution in [0.5, 0.6) is 0 Å². The van der Waals surface area contributed by atoms with E-state index in [0.717, 1.165) is 6.07 Å². The Hall–Kier alpha value is -2.69. The minimum Gasteiger partial charge on any atom is -0.308 e. The lowest BCUT2D eigenvalue weighted by Gasteiger charge is -2.06. The van der Waals surface area contributed by atoms with Crippen LogP contribution >= 0.6 is 0 Å². The van der Waals surface area contributed by atoms with E-state index in [1.165, 1.54) is 18.2 Å². The number of rotatable bonds is 2. The van der Waals surface area contributed by atoms with Crippen molar-refractivity contribution in [3.63, 3.8) is 0 Å². The van der Waals surface area contributed by atoms with Crippen molar-refractivity contribution in [3.05, 3.63) is 66.0 Å². The van der Waals surface area contributed by atoms with E-state index in [1.54, 1.807) is 24.3 Å². The molecule has 95 valence electrons. The number of benzene rings is 2. The van der Waals surface area contributed by atoms with Crippen LogP contribution in [0.2, 0.25) is 0 Å². The number of anilines is 1. The van der Waals surface area contributed by atoms with Crippen molar-refractivity contribution in [2.24, 2.45) is 0 Å². The lowest BCUT2D eigenvalue weighted by Crippen LogP contribution is -2.34. The summed E-state index contributed by atoms with van der Waals surface area (Å²) in [5.41, 5.74) is 0.585. The average molecular weight is 257 g/mol. The molecule has 5 heteroatoms. The predicted molar refractivity (Wildman–Crippen MR) is 68.2 cm³/mol. The molecule has 2 aromatic carbocycles. The van der Waals surface area contributed by atoms with Gasteiger partial charge in [-0.3, -0.25) is 10.1 Å². The molecule has 0 saturated carbocycles. The number of hydrogen-bond donors (Lipinski definition) is 2. The van der Waals surface area contributed by atoms with Crippen molar-refractivity contribution >= 4 is 17.6 Å². The summed E-state index contributed by atoms with van der Waals surface area (Å²) in [5.74, 6) is -1.21. The Kier molecular flexibility index (Phi) is 3.87. The van der Waals surface area contributed by atoms with Crippen molar-refractivity contribution in [1.29, 1.82) is 0 Å². The summed E-state index contributed by atoms with van der Waals surface area (Å²) in [7, 11) is 0. The third kappa shape index (κ3) is 3.64. The highest BCUT2D eigenvalue weighted by Crippen LogP contribution is 2.05. The van der Waals surface area contributed by atoms with Crippen molar-refractivity contribution in [3.8, 4) is 0 Å². The van der Waals surface area contributed by atoms with Gasteiger partial charge in [-0.25, -0.2) is 9.18 Å². The molecule has 2 aromatic rings. The predicted octanol–water partition coefficient (Wildman–Crippen LogP) is 2.59. The van der Waals surface area contributed by atoms with E-state index >= 15 is 0 Å². The molecule has 0 unspecified atom stereocenters. The first kappa shape index (κ1) is 12.8. The van der Waals surface area contributed by atoms with Gasteiger partial charge in [-0.15, -0.1) is 0 Å². The Labute approximate surface area is 109 Å². The number of carbonyl (C=O) groups excluding carboxylic acids is 2. The summed E-state index contributed by atoms with van der Waals surface area (Å²) in [5, 5.41) is 4.56. The van der Waals surface area contributed by atoms with Gasteiger partial charge in [-0.1, -0.05) is 18.2 Å². The smallest absolute Gasteiger partial charge is 0.308 e. The lowest BCUT2D eigenvalue weighted by molar-refractivity contribution is 0.0966. The van der Waals surface area contributed by atoms with Crippen LogP contribution < -0.4 is 10.6 Å². The number of urea groups is 1. The van der Waals surface area contributed by atoms with Gasteiger partial charge in [-0.2, -0.15) is 0 Å². The normalized spacial score (nSPS) is 9.74. The molecule has 2 N–H and O–H groups in total. The fourth-order valence-electron chi connectivity index (χ4n) is 1.44. The number of amides is 3. The van der Waals surface area contributed by atoms with E-state index in [4.69, 9.17) is 0 Å². The molecule has 0 fully saturated rings. The van der Waals surface area contributed by atoms with Crippen LogP contribution in [-0.2, 0) is 0 Å². The maximum absolute atomic E-state index is 12.9. The first-order valence-corrected chi connectivity index (χ1v) is 5.49. The molecule has 4 nitrogen and oxygen atoms in total. The number of halogens is 1. The minimum atomic E-state index is -0.686. The van der Waals surface area contributed by atoms with Crippen LogP contribution in [0.4, 0.5) is 14.9 Å². The van der Waals surface area contributed by atoms with E-state index in [9.17, 15) is 14.0 Å². The number of imide groups is 1. The van der Waals surface area contributed by atoms with Crippen LogP contribution in [0, 0.1) is 11.9 Å². The number of hydrogen-bond acceptors (Lipinski definition) is 2. The minimum absolute atomic E-state index is 0.0785. The molecule has 0 spiro atoms. The molecular formula is C14H10FN2O2. The Balaban J connectivity index is 1.98. The van der Waals surface area contributed by atoms with Crippen LogP contribution in [0.25, 0.3) is 0 Å². The Morgan fingerprint density at radius 3 is 2.68 bits per heavy atom. The van der Waals surface area contributed by atoms with Crippen LogP contribution in [0.15, 0.2) is 48.5 Å². The molecule has 1 radical (unpaired) electrons. The molecule has 0 aliphatic heterocycles. The summed E-state index contributed by atoms with van der Waals surface area (Å²) in [6.07, 6.45) is 0. The third-order valence-corrected chi connectivity index (χ3v) is 2.28. The highest BCUT2D eigenvalue weighted by Gasteiger charge is 2.10. The molecule has 19 heavy (non-hydrogen) atoms. The van der Waals surface area contributed by atoms with E-state index in [-0.39, 0.29) is 5.56 Å². The highest BCUT2D eigenvalue weighted by molar-refractivity contribution is 6.07. The quantitative estimate of drug-likeness (QED) is 0.868. The van der Waals surface area contributed by atoms with E-state index in [2.05, 4.69) is 16.7 Å². The fraction of sp³-hybridized carbons (Fsp3) is 0. The van der Waals surface area contributed by atoms with Gasteiger partial charge in [0.15, 0.2) is 0 Å². The summed E-state index contributed by atoms with van der Waals surface area (Å²) in [6.45, 7) is 0. The molecule has 3 amide bonds. The number of nitrogens with one attached hydrogen (secondary N) is 2. The summed E-state index contributed by atoms with van der Waals surface area (Å²) in [4.78, 5) is 23.2. The largest absolute Gasteiger partial charge is 0.326 e. The zero-order chi connectivity index (χ0) is 13.7. The number of carbonyl (C=O) groups is 2. The maximum Gasteiger partial charge on any atom is 0.326 e. The second-order valence-electron chi connectivity index (χ2n) is 3.71. The van der Waals surface area contributed by atoms with Gasteiger partial charge in [0.25, 0.3) is 5.91 Å². The molecule has 0 saturated heterocycles. The Morgan fingerprint density at radius 1 is 1.16 bits per heavy atom. The van der Waals surface area contributed by atoms with Gasteiger partial charge < -0.3 is 5.32 Å². The van der Waals surface area contributed by atoms with E-state index < -0.39 is 17.8 Å². The van der Waals surface area contributed by atoms with E-state index in [1.807, 2.05) is 0 Å². The third-order valence-electron chi connectivity index (χ3n) is 2.28. The summed E-state index contributed by atoms with van der Waals surface area (Å²) < 4.78 is 12.9. The topological polar surface area (TPSA) is 58.2 Å². The van der Waals surface area contributed by atoms with Crippen molar-refractivity contribution < 1.29 is 14.0 Å². The lowest BCUT2D eigenvalue weighted by atomic mass is 10.2. The summed E-state index contributed by atoms with van der Waals surface area (Å²) >= 11 is 0. The first-order chi connectivity index (χ1) is 9.15. The van der Waals surface area contributed by atoms with Crippen LogP contribution in [0.3, 0.4) is 0 Å². The van der Waals surface area contributed by atoms with Gasteiger partial charge in [0.2, 0.25) is 0 Å². The zero-order valence-corrected chi connectivity index (χ0v) is 9.81. The molecule has 0 aliphatic carbocycles. The van der Waals surface area contributed by atoms with Gasteiger partial charge in [0.1, 0.15) is 5.82 Å². The first-order valence-electron chi connectivity index (χ1n) is 5.49. The second-order valence-corrected chi connectivity index (χ2v) is 3.71. The standard InChI is InChI=1S/C14H10FN2O2/c15-11-6-4-5-10(9-11)13(18)17-14(19)16-12-7-2-1-3-8-12/h1-2,4-9H,(H2,16,17,18,19). The fourth-order valence-corrected chi connectivity index (χ4v) is 1.44. The molecule has 2 rings (SSSR count). The van der Waals surface area contributed by atoms with Gasteiger partial charge >= 0.3 is 6.03 Å². The van der Waals surface area contributed by atoms with Crippen molar-refractivity contribution in [2.45, 2.75) is 0 Å². The zero-order valence-electron chi connectivity index (χ0n) is 9.81. The molecule has 0 bridgehead atoms. The van der Waals surface area contributed by atoms with Crippen LogP contribution in [0.1, 0.15) is 10.4 Å². The van der Waals surface area contributed by atoms with Gasteiger partial charge in [0.05, 0.1) is 0 Å². The highest BCUT2D eigenvalue weighted by atomic mass is 19.1. The Bertz CT molecular complexity index is 599. The molecular weight excluding hydrogens is 247 g/mol.